The van der Waals surface area contributed by atoms with Gasteiger partial charge in [-0.3, -0.25) is 14.9 Å². The van der Waals surface area contributed by atoms with Crippen molar-refractivity contribution in [1.29, 1.82) is 5.26 Å². The lowest BCUT2D eigenvalue weighted by atomic mass is 10.0. The normalized spacial score (nSPS) is 9.50. The van der Waals surface area contributed by atoms with Crippen molar-refractivity contribution >= 4 is 33.1 Å². The van der Waals surface area contributed by atoms with Crippen molar-refractivity contribution in [2.45, 2.75) is 0 Å². The molecule has 0 aliphatic rings. The van der Waals surface area contributed by atoms with Gasteiger partial charge in [0.1, 0.15) is 6.07 Å². The summed E-state index contributed by atoms with van der Waals surface area (Å²) in [5, 5.41) is 19.3. The van der Waals surface area contributed by atoms with Crippen molar-refractivity contribution in [3.8, 4) is 6.07 Å². The van der Waals surface area contributed by atoms with Crippen molar-refractivity contribution in [1.82, 2.24) is 0 Å². The number of benzene rings is 1. The van der Waals surface area contributed by atoms with Crippen LogP contribution >= 0.6 is 15.9 Å². The van der Waals surface area contributed by atoms with Gasteiger partial charge in [-0.2, -0.15) is 5.26 Å². The number of rotatable bonds is 3. The summed E-state index contributed by atoms with van der Waals surface area (Å²) < 4.78 is 0. The number of alkyl halides is 1. The van der Waals surface area contributed by atoms with Gasteiger partial charge in [0, 0.05) is 12.1 Å². The van der Waals surface area contributed by atoms with Crippen molar-refractivity contribution < 1.29 is 9.72 Å². The minimum Gasteiger partial charge on any atom is -0.398 e. The van der Waals surface area contributed by atoms with Crippen molar-refractivity contribution in [2.75, 3.05) is 11.1 Å². The Balaban J connectivity index is 3.48. The Morgan fingerprint density at radius 1 is 1.62 bits per heavy atom. The molecule has 0 amide bonds. The first-order chi connectivity index (χ1) is 7.51. The molecule has 0 bridgehead atoms. The number of nitrogen functional groups attached to an aromatic ring is 1. The zero-order valence-electron chi connectivity index (χ0n) is 7.94. The molecular weight excluding hydrogens is 278 g/mol. The summed E-state index contributed by atoms with van der Waals surface area (Å²) in [6.07, 6.45) is 0. The first-order valence-electron chi connectivity index (χ1n) is 4.08. The number of nitro groups is 1. The highest BCUT2D eigenvalue weighted by atomic mass is 79.9. The van der Waals surface area contributed by atoms with Gasteiger partial charge in [0.2, 0.25) is 0 Å². The van der Waals surface area contributed by atoms with Crippen LogP contribution in [0, 0.1) is 21.4 Å². The molecule has 1 aromatic rings. The van der Waals surface area contributed by atoms with Crippen LogP contribution in [-0.4, -0.2) is 16.0 Å². The van der Waals surface area contributed by atoms with E-state index in [9.17, 15) is 14.9 Å². The summed E-state index contributed by atoms with van der Waals surface area (Å²) in [5.74, 6) is -0.385. The molecule has 0 atom stereocenters. The highest BCUT2D eigenvalue weighted by Crippen LogP contribution is 2.25. The highest BCUT2D eigenvalue weighted by Gasteiger charge is 2.19. The van der Waals surface area contributed by atoms with Crippen LogP contribution < -0.4 is 5.73 Å². The second kappa shape index (κ2) is 4.72. The molecule has 0 radical (unpaired) electrons. The summed E-state index contributed by atoms with van der Waals surface area (Å²) in [4.78, 5) is 21.3. The maximum Gasteiger partial charge on any atom is 0.272 e. The van der Waals surface area contributed by atoms with Crippen LogP contribution in [0.2, 0.25) is 0 Å². The minimum absolute atomic E-state index is 0.00366. The van der Waals surface area contributed by atoms with Gasteiger partial charge in [-0.1, -0.05) is 15.9 Å². The Kier molecular flexibility index (Phi) is 3.58. The van der Waals surface area contributed by atoms with Gasteiger partial charge in [-0.15, -0.1) is 0 Å². The number of ketones is 1. The zero-order chi connectivity index (χ0) is 12.3. The number of nitrogens with zero attached hydrogens (tertiary/aromatic N) is 2. The molecule has 0 saturated heterocycles. The molecule has 1 rings (SSSR count). The van der Waals surface area contributed by atoms with E-state index in [1.54, 1.807) is 6.07 Å². The van der Waals surface area contributed by atoms with Gasteiger partial charge in [-0.05, 0) is 0 Å². The van der Waals surface area contributed by atoms with Crippen molar-refractivity contribution in [2.24, 2.45) is 0 Å². The van der Waals surface area contributed by atoms with Gasteiger partial charge >= 0.3 is 0 Å². The van der Waals surface area contributed by atoms with E-state index in [0.29, 0.717) is 0 Å². The number of carbonyl (C=O) groups is 1. The molecule has 0 heterocycles. The predicted molar refractivity (Wildman–Crippen MR) is 60.3 cm³/mol. The van der Waals surface area contributed by atoms with Crippen LogP contribution in [0.5, 0.6) is 0 Å². The maximum absolute atomic E-state index is 11.4. The average molecular weight is 284 g/mol. The topological polar surface area (TPSA) is 110 Å². The number of Topliss-reactive ketones (excluding diaryl/α,β-unsaturated/α-hetero) is 1. The summed E-state index contributed by atoms with van der Waals surface area (Å²) in [5.41, 5.74) is 5.08. The standard InChI is InChI=1S/C9H6BrN3O3/c10-3-8(14)9-5(4-11)1-6(13(15)16)2-7(9)12/h1-2H,3,12H2. The number of nitriles is 1. The van der Waals surface area contributed by atoms with E-state index in [-0.39, 0.29) is 33.6 Å². The van der Waals surface area contributed by atoms with Crippen LogP contribution in [-0.2, 0) is 0 Å². The third kappa shape index (κ3) is 2.17. The molecule has 0 aliphatic heterocycles. The van der Waals surface area contributed by atoms with Gasteiger partial charge in [0.25, 0.3) is 5.69 Å². The lowest BCUT2D eigenvalue weighted by Gasteiger charge is -2.04. The number of carbonyl (C=O) groups excluding carboxylic acids is 1. The third-order valence-electron chi connectivity index (χ3n) is 1.89. The second-order valence-corrected chi connectivity index (χ2v) is 3.44. The number of nitrogens with two attached hydrogens (primary N) is 1. The number of halogens is 1. The van der Waals surface area contributed by atoms with Crippen molar-refractivity contribution in [3.63, 3.8) is 0 Å². The molecule has 0 unspecified atom stereocenters. The van der Waals surface area contributed by atoms with E-state index in [1.165, 1.54) is 0 Å². The molecule has 6 nitrogen and oxygen atoms in total. The van der Waals surface area contributed by atoms with Gasteiger partial charge in [-0.25, -0.2) is 0 Å². The fourth-order valence-corrected chi connectivity index (χ4v) is 1.50. The van der Waals surface area contributed by atoms with E-state index in [2.05, 4.69) is 15.9 Å². The number of hydrogen-bond donors (Lipinski definition) is 1. The summed E-state index contributed by atoms with van der Waals surface area (Å²) in [6, 6.07) is 3.82. The molecule has 0 saturated carbocycles. The van der Waals surface area contributed by atoms with Gasteiger partial charge < -0.3 is 5.73 Å². The first-order valence-corrected chi connectivity index (χ1v) is 5.20. The van der Waals surface area contributed by atoms with E-state index in [1.807, 2.05) is 0 Å². The van der Waals surface area contributed by atoms with Crippen LogP contribution in [0.1, 0.15) is 15.9 Å². The quantitative estimate of drug-likeness (QED) is 0.298. The Labute approximate surface area is 98.9 Å². The number of non-ortho nitro benzene ring substituents is 1. The lowest BCUT2D eigenvalue weighted by Crippen LogP contribution is -2.08. The summed E-state index contributed by atoms with van der Waals surface area (Å²) in [6.45, 7) is 0. The maximum atomic E-state index is 11.4. The smallest absolute Gasteiger partial charge is 0.272 e. The fourth-order valence-electron chi connectivity index (χ4n) is 1.22. The fraction of sp³-hybridized carbons (Fsp3) is 0.111. The summed E-state index contributed by atoms with van der Waals surface area (Å²) in [7, 11) is 0. The first kappa shape index (κ1) is 12.1. The largest absolute Gasteiger partial charge is 0.398 e. The van der Waals surface area contributed by atoms with Crippen LogP contribution in [0.15, 0.2) is 12.1 Å². The monoisotopic (exact) mass is 283 g/mol. The third-order valence-corrected chi connectivity index (χ3v) is 2.39. The van der Waals surface area contributed by atoms with Crippen molar-refractivity contribution in [3.05, 3.63) is 33.4 Å². The van der Waals surface area contributed by atoms with E-state index in [4.69, 9.17) is 11.0 Å². The number of nitro benzene ring substituents is 1. The Hall–Kier alpha value is -1.94. The van der Waals surface area contributed by atoms with Crippen LogP contribution in [0.4, 0.5) is 11.4 Å². The molecule has 0 spiro atoms. The van der Waals surface area contributed by atoms with E-state index in [0.717, 1.165) is 12.1 Å². The Bertz CT molecular complexity index is 507. The van der Waals surface area contributed by atoms with E-state index >= 15 is 0 Å². The molecular formula is C9H6BrN3O3. The Morgan fingerprint density at radius 3 is 2.69 bits per heavy atom. The number of anilines is 1. The predicted octanol–water partition coefficient (Wildman–Crippen LogP) is 1.63. The lowest BCUT2D eigenvalue weighted by molar-refractivity contribution is -0.384. The zero-order valence-corrected chi connectivity index (χ0v) is 9.52. The molecule has 2 N–H and O–H groups in total. The van der Waals surface area contributed by atoms with Crippen LogP contribution in [0.3, 0.4) is 0 Å². The van der Waals surface area contributed by atoms with Gasteiger partial charge in [0.05, 0.1) is 27.1 Å². The SMILES string of the molecule is N#Cc1cc([N+](=O)[O-])cc(N)c1C(=O)CBr. The minimum atomic E-state index is -0.667. The Morgan fingerprint density at radius 2 is 2.25 bits per heavy atom. The highest BCUT2D eigenvalue weighted by molar-refractivity contribution is 9.09. The molecule has 7 heteroatoms. The van der Waals surface area contributed by atoms with Crippen LogP contribution in [0.25, 0.3) is 0 Å². The number of hydrogen-bond acceptors (Lipinski definition) is 5. The molecule has 0 fully saturated rings. The molecule has 0 aliphatic carbocycles. The summed E-state index contributed by atoms with van der Waals surface area (Å²) >= 11 is 2.95. The van der Waals surface area contributed by atoms with Gasteiger partial charge in [0.15, 0.2) is 5.78 Å². The average Bonchev–Trinajstić information content (AvgIpc) is 2.26. The van der Waals surface area contributed by atoms with E-state index < -0.39 is 4.92 Å². The molecule has 16 heavy (non-hydrogen) atoms. The molecule has 82 valence electrons. The molecule has 1 aromatic carbocycles. The molecule has 0 aromatic heterocycles. The second-order valence-electron chi connectivity index (χ2n) is 2.88.